The van der Waals surface area contributed by atoms with Crippen molar-refractivity contribution in [1.29, 1.82) is 0 Å². The molecule has 0 saturated heterocycles. The molecular formula is C5H10N2O. The Kier molecular flexibility index (Phi) is 5.82. The van der Waals surface area contributed by atoms with Crippen LogP contribution in [0.3, 0.4) is 0 Å². The fraction of sp³-hybridized carbons (Fsp3) is 0.800. The summed E-state index contributed by atoms with van der Waals surface area (Å²) in [5.74, 6) is 0. The summed E-state index contributed by atoms with van der Waals surface area (Å²) in [4.78, 5) is 12.8. The van der Waals surface area contributed by atoms with Gasteiger partial charge in [0.1, 0.15) is 0 Å². The molecular weight excluding hydrogens is 104 g/mol. The molecule has 0 fully saturated rings. The summed E-state index contributed by atoms with van der Waals surface area (Å²) in [5.41, 5.74) is 5.17. The Morgan fingerprint density at radius 3 is 2.75 bits per heavy atom. The lowest BCUT2D eigenvalue weighted by molar-refractivity contribution is 0.562. The molecule has 0 atom stereocenters. The lowest BCUT2D eigenvalue weighted by Gasteiger charge is -1.87. The molecule has 0 saturated carbocycles. The van der Waals surface area contributed by atoms with Crippen molar-refractivity contribution in [1.82, 2.24) is 0 Å². The molecule has 3 nitrogen and oxygen atoms in total. The topological polar surface area (TPSA) is 55.4 Å². The van der Waals surface area contributed by atoms with E-state index in [-0.39, 0.29) is 0 Å². The zero-order valence-electron chi connectivity index (χ0n) is 4.76. The first-order valence-corrected chi connectivity index (χ1v) is 2.65. The van der Waals surface area contributed by atoms with Gasteiger partial charge in [-0.15, -0.1) is 0 Å². The summed E-state index contributed by atoms with van der Waals surface area (Å²) in [6, 6.07) is 0. The van der Waals surface area contributed by atoms with Crippen molar-refractivity contribution in [3.63, 3.8) is 0 Å². The third kappa shape index (κ3) is 5.34. The first kappa shape index (κ1) is 7.34. The minimum Gasteiger partial charge on any atom is -0.330 e. The average molecular weight is 114 g/mol. The van der Waals surface area contributed by atoms with Crippen LogP contribution in [0.2, 0.25) is 0 Å². The third-order valence-corrected chi connectivity index (χ3v) is 0.789. The predicted octanol–water partition coefficient (Wildman–Crippen LogP) is 0.0611. The Morgan fingerprint density at radius 1 is 1.50 bits per heavy atom. The highest BCUT2D eigenvalue weighted by Gasteiger charge is 1.79. The van der Waals surface area contributed by atoms with Gasteiger partial charge in [0.25, 0.3) is 0 Å². The molecule has 0 aromatic rings. The second kappa shape index (κ2) is 6.34. The molecule has 0 bridgehead atoms. The van der Waals surface area contributed by atoms with Crippen LogP contribution in [-0.2, 0) is 4.79 Å². The fourth-order valence-corrected chi connectivity index (χ4v) is 0.381. The van der Waals surface area contributed by atoms with E-state index in [1.54, 1.807) is 0 Å². The predicted molar refractivity (Wildman–Crippen MR) is 31.3 cm³/mol. The van der Waals surface area contributed by atoms with Crippen molar-refractivity contribution in [2.75, 3.05) is 13.1 Å². The largest absolute Gasteiger partial charge is 0.330 e. The molecule has 0 spiro atoms. The number of hydrogen-bond acceptors (Lipinski definition) is 3. The van der Waals surface area contributed by atoms with Crippen LogP contribution in [0.25, 0.3) is 0 Å². The number of aliphatic imine (C=N–C) groups is 1. The van der Waals surface area contributed by atoms with E-state index in [0.717, 1.165) is 12.8 Å². The molecule has 3 heteroatoms. The van der Waals surface area contributed by atoms with Gasteiger partial charge in [0, 0.05) is 0 Å². The van der Waals surface area contributed by atoms with Crippen LogP contribution in [0.15, 0.2) is 4.99 Å². The van der Waals surface area contributed by atoms with Crippen molar-refractivity contribution in [3.8, 4) is 0 Å². The summed E-state index contributed by atoms with van der Waals surface area (Å²) in [5, 5.41) is 0. The molecule has 0 aliphatic heterocycles. The van der Waals surface area contributed by atoms with E-state index >= 15 is 0 Å². The summed E-state index contributed by atoms with van der Waals surface area (Å²) in [6.45, 7) is 1.25. The van der Waals surface area contributed by atoms with Gasteiger partial charge in [0.2, 0.25) is 6.08 Å². The van der Waals surface area contributed by atoms with E-state index in [1.807, 2.05) is 0 Å². The maximum atomic E-state index is 9.45. The van der Waals surface area contributed by atoms with Gasteiger partial charge in [-0.25, -0.2) is 9.79 Å². The van der Waals surface area contributed by atoms with Crippen LogP contribution < -0.4 is 5.73 Å². The van der Waals surface area contributed by atoms with Crippen molar-refractivity contribution in [2.45, 2.75) is 12.8 Å². The van der Waals surface area contributed by atoms with Crippen LogP contribution in [0.1, 0.15) is 12.8 Å². The van der Waals surface area contributed by atoms with E-state index in [2.05, 4.69) is 4.99 Å². The molecule has 0 heterocycles. The third-order valence-electron chi connectivity index (χ3n) is 0.789. The van der Waals surface area contributed by atoms with Crippen LogP contribution in [0.4, 0.5) is 0 Å². The SMILES string of the molecule is NCCCCN=C=O. The molecule has 0 aliphatic carbocycles. The lowest BCUT2D eigenvalue weighted by Crippen LogP contribution is -1.98. The summed E-state index contributed by atoms with van der Waals surface area (Å²) >= 11 is 0. The van der Waals surface area contributed by atoms with Gasteiger partial charge < -0.3 is 5.73 Å². The highest BCUT2D eigenvalue weighted by molar-refractivity contribution is 5.32. The number of unbranched alkanes of at least 4 members (excludes halogenated alkanes) is 1. The molecule has 0 aromatic carbocycles. The first-order chi connectivity index (χ1) is 3.91. The Morgan fingerprint density at radius 2 is 2.25 bits per heavy atom. The Balaban J connectivity index is 2.82. The van der Waals surface area contributed by atoms with Gasteiger partial charge in [-0.05, 0) is 19.4 Å². The normalized spacial score (nSPS) is 8.12. The Hall–Kier alpha value is -0.660. The van der Waals surface area contributed by atoms with Crippen LogP contribution in [0.5, 0.6) is 0 Å². The van der Waals surface area contributed by atoms with Crippen LogP contribution >= 0.6 is 0 Å². The zero-order valence-corrected chi connectivity index (χ0v) is 4.76. The summed E-state index contributed by atoms with van der Waals surface area (Å²) < 4.78 is 0. The fourth-order valence-electron chi connectivity index (χ4n) is 0.381. The number of isocyanates is 1. The second-order valence-corrected chi connectivity index (χ2v) is 1.47. The zero-order chi connectivity index (χ0) is 6.24. The van der Waals surface area contributed by atoms with Gasteiger partial charge in [0.05, 0.1) is 6.54 Å². The minimum absolute atomic E-state index is 0.570. The van der Waals surface area contributed by atoms with Crippen molar-refractivity contribution in [3.05, 3.63) is 0 Å². The number of rotatable bonds is 4. The molecule has 0 aliphatic rings. The molecule has 0 radical (unpaired) electrons. The van der Waals surface area contributed by atoms with Gasteiger partial charge in [-0.2, -0.15) is 0 Å². The van der Waals surface area contributed by atoms with Gasteiger partial charge in [0.15, 0.2) is 0 Å². The standard InChI is InChI=1S/C5H10N2O/c6-3-1-2-4-7-5-8/h1-4,6H2. The Labute approximate surface area is 48.6 Å². The first-order valence-electron chi connectivity index (χ1n) is 2.65. The van der Waals surface area contributed by atoms with E-state index in [9.17, 15) is 4.79 Å². The monoisotopic (exact) mass is 114 g/mol. The molecule has 46 valence electrons. The van der Waals surface area contributed by atoms with E-state index < -0.39 is 0 Å². The highest BCUT2D eigenvalue weighted by Crippen LogP contribution is 1.83. The van der Waals surface area contributed by atoms with Gasteiger partial charge in [-0.3, -0.25) is 0 Å². The van der Waals surface area contributed by atoms with Gasteiger partial charge in [-0.1, -0.05) is 0 Å². The second-order valence-electron chi connectivity index (χ2n) is 1.47. The number of hydrogen-bond donors (Lipinski definition) is 1. The van der Waals surface area contributed by atoms with E-state index in [4.69, 9.17) is 5.73 Å². The van der Waals surface area contributed by atoms with Gasteiger partial charge >= 0.3 is 0 Å². The number of nitrogens with two attached hydrogens (primary N) is 1. The number of nitrogens with zero attached hydrogens (tertiary/aromatic N) is 1. The smallest absolute Gasteiger partial charge is 0.234 e. The lowest BCUT2D eigenvalue weighted by atomic mass is 10.3. The molecule has 0 unspecified atom stereocenters. The average Bonchev–Trinajstić information content (AvgIpc) is 1.81. The summed E-state index contributed by atoms with van der Waals surface area (Å²) in [6.07, 6.45) is 3.29. The molecule has 0 aromatic heterocycles. The molecule has 8 heavy (non-hydrogen) atoms. The van der Waals surface area contributed by atoms with E-state index in [1.165, 1.54) is 6.08 Å². The highest BCUT2D eigenvalue weighted by atomic mass is 16.1. The van der Waals surface area contributed by atoms with E-state index in [0.29, 0.717) is 13.1 Å². The van der Waals surface area contributed by atoms with Crippen molar-refractivity contribution in [2.24, 2.45) is 10.7 Å². The summed E-state index contributed by atoms with van der Waals surface area (Å²) in [7, 11) is 0. The van der Waals surface area contributed by atoms with Crippen molar-refractivity contribution >= 4 is 6.08 Å². The van der Waals surface area contributed by atoms with Crippen LogP contribution in [-0.4, -0.2) is 19.2 Å². The maximum absolute atomic E-state index is 9.45. The van der Waals surface area contributed by atoms with Crippen LogP contribution in [0, 0.1) is 0 Å². The minimum atomic E-state index is 0.570. The van der Waals surface area contributed by atoms with Crippen molar-refractivity contribution < 1.29 is 4.79 Å². The molecule has 0 amide bonds. The molecule has 0 rings (SSSR count). The number of carbonyl (C=O) groups excluding carboxylic acids is 1. The Bertz CT molecular complexity index is 86.4. The quantitative estimate of drug-likeness (QED) is 0.319. The maximum Gasteiger partial charge on any atom is 0.234 e. The molecule has 2 N–H and O–H groups in total.